The minimum Gasteiger partial charge on any atom is -0.382 e. The molecule has 0 saturated carbocycles. The standard InChI is InChI=1S/C16H17N3O4/c1-8(2)17-10-5-3-4-9-13(10)16(23)19(15(9)22)11-6-7-12(20)18-14(11)21/h3-5,8,11,17H,6-7H2,1-2H3,(H,18,20,21). The lowest BCUT2D eigenvalue weighted by Gasteiger charge is -2.27. The van der Waals surface area contributed by atoms with E-state index in [2.05, 4.69) is 10.6 Å². The van der Waals surface area contributed by atoms with Crippen LogP contribution in [0.2, 0.25) is 0 Å². The van der Waals surface area contributed by atoms with Gasteiger partial charge < -0.3 is 5.32 Å². The van der Waals surface area contributed by atoms with Gasteiger partial charge in [0.15, 0.2) is 0 Å². The third-order valence-electron chi connectivity index (χ3n) is 3.91. The van der Waals surface area contributed by atoms with E-state index >= 15 is 0 Å². The molecule has 1 aromatic carbocycles. The van der Waals surface area contributed by atoms with Gasteiger partial charge in [0.25, 0.3) is 11.8 Å². The lowest BCUT2D eigenvalue weighted by Crippen LogP contribution is -2.54. The van der Waals surface area contributed by atoms with Crippen LogP contribution in [0.15, 0.2) is 18.2 Å². The van der Waals surface area contributed by atoms with Gasteiger partial charge >= 0.3 is 0 Å². The van der Waals surface area contributed by atoms with E-state index in [1.807, 2.05) is 13.8 Å². The van der Waals surface area contributed by atoms with Crippen LogP contribution in [-0.2, 0) is 9.59 Å². The number of fused-ring (bicyclic) bond motifs is 1. The van der Waals surface area contributed by atoms with Crippen molar-refractivity contribution in [2.24, 2.45) is 0 Å². The Morgan fingerprint density at radius 1 is 1.17 bits per heavy atom. The SMILES string of the molecule is CC(C)Nc1cccc2c1C(=O)N(C1CCC(=O)NC1=O)C2=O. The molecule has 1 saturated heterocycles. The highest BCUT2D eigenvalue weighted by atomic mass is 16.2. The molecule has 0 aliphatic carbocycles. The molecule has 23 heavy (non-hydrogen) atoms. The Balaban J connectivity index is 1.98. The van der Waals surface area contributed by atoms with Crippen molar-refractivity contribution in [3.8, 4) is 0 Å². The van der Waals surface area contributed by atoms with Gasteiger partial charge in [0.05, 0.1) is 11.1 Å². The quantitative estimate of drug-likeness (QED) is 0.808. The molecule has 4 amide bonds. The molecule has 3 rings (SSSR count). The van der Waals surface area contributed by atoms with Gasteiger partial charge in [0.2, 0.25) is 11.8 Å². The van der Waals surface area contributed by atoms with E-state index in [0.717, 1.165) is 4.90 Å². The summed E-state index contributed by atoms with van der Waals surface area (Å²) in [6.07, 6.45) is 0.268. The Morgan fingerprint density at radius 3 is 2.57 bits per heavy atom. The molecule has 1 aromatic rings. The number of amides is 4. The molecule has 1 fully saturated rings. The minimum atomic E-state index is -0.938. The van der Waals surface area contributed by atoms with Gasteiger partial charge in [-0.1, -0.05) is 6.07 Å². The van der Waals surface area contributed by atoms with Gasteiger partial charge in [0.1, 0.15) is 6.04 Å². The second kappa shape index (κ2) is 5.49. The molecule has 7 nitrogen and oxygen atoms in total. The Hall–Kier alpha value is -2.70. The van der Waals surface area contributed by atoms with Crippen molar-refractivity contribution in [3.05, 3.63) is 29.3 Å². The molecule has 1 unspecified atom stereocenters. The zero-order chi connectivity index (χ0) is 16.7. The summed E-state index contributed by atoms with van der Waals surface area (Å²) in [5.74, 6) is -1.98. The van der Waals surface area contributed by atoms with Gasteiger partial charge in [-0.2, -0.15) is 0 Å². The summed E-state index contributed by atoms with van der Waals surface area (Å²) in [5, 5.41) is 5.32. The van der Waals surface area contributed by atoms with Crippen LogP contribution in [0, 0.1) is 0 Å². The molecular formula is C16H17N3O4. The van der Waals surface area contributed by atoms with E-state index < -0.39 is 23.8 Å². The first-order valence-corrected chi connectivity index (χ1v) is 7.51. The van der Waals surface area contributed by atoms with Crippen molar-refractivity contribution >= 4 is 29.3 Å². The fourth-order valence-corrected chi connectivity index (χ4v) is 2.95. The Bertz CT molecular complexity index is 726. The van der Waals surface area contributed by atoms with Crippen LogP contribution in [0.4, 0.5) is 5.69 Å². The summed E-state index contributed by atoms with van der Waals surface area (Å²) >= 11 is 0. The average molecular weight is 315 g/mol. The monoisotopic (exact) mass is 315 g/mol. The highest BCUT2D eigenvalue weighted by Gasteiger charge is 2.45. The molecule has 1 atom stereocenters. The van der Waals surface area contributed by atoms with Crippen molar-refractivity contribution in [1.82, 2.24) is 10.2 Å². The summed E-state index contributed by atoms with van der Waals surface area (Å²) in [6, 6.07) is 4.16. The van der Waals surface area contributed by atoms with Crippen LogP contribution >= 0.6 is 0 Å². The van der Waals surface area contributed by atoms with Gasteiger partial charge in [0, 0.05) is 18.2 Å². The van der Waals surface area contributed by atoms with Crippen LogP contribution in [0.25, 0.3) is 0 Å². The van der Waals surface area contributed by atoms with Gasteiger partial charge in [-0.3, -0.25) is 29.4 Å². The van der Waals surface area contributed by atoms with Crippen molar-refractivity contribution in [2.75, 3.05) is 5.32 Å². The first-order chi connectivity index (χ1) is 10.9. The van der Waals surface area contributed by atoms with E-state index in [9.17, 15) is 19.2 Å². The first kappa shape index (κ1) is 15.2. The van der Waals surface area contributed by atoms with Gasteiger partial charge in [-0.05, 0) is 32.4 Å². The third kappa shape index (κ3) is 2.48. The number of nitrogens with one attached hydrogen (secondary N) is 2. The van der Waals surface area contributed by atoms with E-state index in [1.54, 1.807) is 18.2 Å². The topological polar surface area (TPSA) is 95.6 Å². The van der Waals surface area contributed by atoms with Crippen LogP contribution in [0.3, 0.4) is 0 Å². The molecular weight excluding hydrogens is 298 g/mol. The molecule has 2 aliphatic heterocycles. The molecule has 2 heterocycles. The Kier molecular flexibility index (Phi) is 3.63. The number of nitrogens with zero attached hydrogens (tertiary/aromatic N) is 1. The largest absolute Gasteiger partial charge is 0.382 e. The molecule has 2 N–H and O–H groups in total. The highest BCUT2D eigenvalue weighted by Crippen LogP contribution is 2.32. The number of anilines is 1. The molecule has 0 radical (unpaired) electrons. The summed E-state index contributed by atoms with van der Waals surface area (Å²) < 4.78 is 0. The van der Waals surface area contributed by atoms with Crippen LogP contribution in [0.1, 0.15) is 47.4 Å². The predicted molar refractivity (Wildman–Crippen MR) is 81.9 cm³/mol. The number of benzene rings is 1. The predicted octanol–water partition coefficient (Wildman–Crippen LogP) is 0.908. The maximum atomic E-state index is 12.7. The average Bonchev–Trinajstić information content (AvgIpc) is 2.72. The maximum Gasteiger partial charge on any atom is 0.264 e. The summed E-state index contributed by atoms with van der Waals surface area (Å²) in [7, 11) is 0. The number of carbonyl (C=O) groups excluding carboxylic acids is 4. The van der Waals surface area contributed by atoms with Gasteiger partial charge in [-0.25, -0.2) is 0 Å². The van der Waals surface area contributed by atoms with Gasteiger partial charge in [-0.15, -0.1) is 0 Å². The van der Waals surface area contributed by atoms with E-state index in [-0.39, 0.29) is 35.9 Å². The number of imide groups is 2. The van der Waals surface area contributed by atoms with Crippen molar-refractivity contribution in [1.29, 1.82) is 0 Å². The Morgan fingerprint density at radius 2 is 1.91 bits per heavy atom. The van der Waals surface area contributed by atoms with Crippen LogP contribution < -0.4 is 10.6 Å². The minimum absolute atomic E-state index is 0.0917. The van der Waals surface area contributed by atoms with E-state index in [4.69, 9.17) is 0 Å². The normalized spacial score (nSPS) is 20.8. The summed E-state index contributed by atoms with van der Waals surface area (Å²) in [6.45, 7) is 3.86. The molecule has 120 valence electrons. The molecule has 7 heteroatoms. The Labute approximate surface area is 133 Å². The summed E-state index contributed by atoms with van der Waals surface area (Å²) in [5.41, 5.74) is 1.15. The number of hydrogen-bond donors (Lipinski definition) is 2. The zero-order valence-corrected chi connectivity index (χ0v) is 12.9. The van der Waals surface area contributed by atoms with Crippen molar-refractivity contribution in [2.45, 2.75) is 38.8 Å². The lowest BCUT2D eigenvalue weighted by molar-refractivity contribution is -0.136. The van der Waals surface area contributed by atoms with E-state index in [1.165, 1.54) is 0 Å². The lowest BCUT2D eigenvalue weighted by atomic mass is 10.0. The molecule has 0 bridgehead atoms. The summed E-state index contributed by atoms with van der Waals surface area (Å²) in [4.78, 5) is 49.6. The third-order valence-corrected chi connectivity index (χ3v) is 3.91. The number of piperidine rings is 1. The molecule has 0 spiro atoms. The number of rotatable bonds is 3. The first-order valence-electron chi connectivity index (χ1n) is 7.51. The highest BCUT2D eigenvalue weighted by molar-refractivity contribution is 6.25. The fourth-order valence-electron chi connectivity index (χ4n) is 2.95. The smallest absolute Gasteiger partial charge is 0.264 e. The molecule has 0 aromatic heterocycles. The van der Waals surface area contributed by atoms with Crippen molar-refractivity contribution in [3.63, 3.8) is 0 Å². The molecule has 2 aliphatic rings. The van der Waals surface area contributed by atoms with E-state index in [0.29, 0.717) is 5.69 Å². The number of hydrogen-bond acceptors (Lipinski definition) is 5. The zero-order valence-electron chi connectivity index (χ0n) is 12.9. The maximum absolute atomic E-state index is 12.7. The van der Waals surface area contributed by atoms with Crippen LogP contribution in [0.5, 0.6) is 0 Å². The van der Waals surface area contributed by atoms with Crippen molar-refractivity contribution < 1.29 is 19.2 Å². The fraction of sp³-hybridized carbons (Fsp3) is 0.375. The van der Waals surface area contributed by atoms with Crippen LogP contribution in [-0.4, -0.2) is 40.6 Å². The second-order valence-corrected chi connectivity index (χ2v) is 5.97. The second-order valence-electron chi connectivity index (χ2n) is 5.97. The number of carbonyl (C=O) groups is 4.